The van der Waals surface area contributed by atoms with Crippen molar-refractivity contribution in [1.29, 1.82) is 0 Å². The lowest BCUT2D eigenvalue weighted by molar-refractivity contribution is -0.146. The summed E-state index contributed by atoms with van der Waals surface area (Å²) < 4.78 is 4.73. The molecule has 1 unspecified atom stereocenters. The number of allylic oxidation sites excluding steroid dienone is 2. The normalized spacial score (nSPS) is 22.6. The Morgan fingerprint density at radius 3 is 2.61 bits per heavy atom. The fourth-order valence-electron chi connectivity index (χ4n) is 3.05. The number of methoxy groups -OCH3 is 1. The SMILES string of the molecule is CC/C=C\C[C@H]1C(=O)CC[C@@H]1CC(=O)NC(C(=O)OC)C(C)C. The van der Waals surface area contributed by atoms with Crippen molar-refractivity contribution in [1.82, 2.24) is 5.32 Å². The highest BCUT2D eigenvalue weighted by Gasteiger charge is 2.35. The van der Waals surface area contributed by atoms with Gasteiger partial charge in [0, 0.05) is 18.8 Å². The second kappa shape index (κ2) is 9.48. The van der Waals surface area contributed by atoms with Gasteiger partial charge in [-0.05, 0) is 31.1 Å². The number of ether oxygens (including phenoxy) is 1. The second-order valence-corrected chi connectivity index (χ2v) is 6.50. The van der Waals surface area contributed by atoms with E-state index in [0.717, 1.165) is 12.8 Å². The molecule has 0 bridgehead atoms. The first-order chi connectivity index (χ1) is 10.9. The smallest absolute Gasteiger partial charge is 0.328 e. The van der Waals surface area contributed by atoms with E-state index in [4.69, 9.17) is 4.74 Å². The van der Waals surface area contributed by atoms with Crippen molar-refractivity contribution in [3.8, 4) is 0 Å². The molecule has 0 saturated heterocycles. The third-order valence-corrected chi connectivity index (χ3v) is 4.42. The molecular formula is C18H29NO4. The van der Waals surface area contributed by atoms with Crippen molar-refractivity contribution >= 4 is 17.7 Å². The Bertz CT molecular complexity index is 456. The van der Waals surface area contributed by atoms with E-state index in [2.05, 4.69) is 18.3 Å². The molecule has 23 heavy (non-hydrogen) atoms. The summed E-state index contributed by atoms with van der Waals surface area (Å²) in [6, 6.07) is -0.636. The number of carbonyl (C=O) groups excluding carboxylic acids is 3. The largest absolute Gasteiger partial charge is 0.467 e. The predicted molar refractivity (Wildman–Crippen MR) is 88.7 cm³/mol. The molecule has 5 heteroatoms. The molecule has 1 N–H and O–H groups in total. The van der Waals surface area contributed by atoms with Crippen LogP contribution in [0.5, 0.6) is 0 Å². The van der Waals surface area contributed by atoms with E-state index in [1.54, 1.807) is 0 Å². The summed E-state index contributed by atoms with van der Waals surface area (Å²) >= 11 is 0. The molecule has 0 aromatic carbocycles. The van der Waals surface area contributed by atoms with Crippen LogP contribution >= 0.6 is 0 Å². The molecule has 0 heterocycles. The van der Waals surface area contributed by atoms with E-state index in [9.17, 15) is 14.4 Å². The number of hydrogen-bond acceptors (Lipinski definition) is 4. The minimum absolute atomic E-state index is 0.0418. The Labute approximate surface area is 138 Å². The van der Waals surface area contributed by atoms with Gasteiger partial charge in [-0.1, -0.05) is 32.9 Å². The zero-order valence-electron chi connectivity index (χ0n) is 14.6. The standard InChI is InChI=1S/C18H29NO4/c1-5-6-7-8-14-13(9-10-15(14)20)11-16(21)19-17(12(2)3)18(22)23-4/h6-7,12-14,17H,5,8-11H2,1-4H3,(H,19,21)/b7-6-/t13-,14-,17?/m1/s1. The van der Waals surface area contributed by atoms with Gasteiger partial charge in [-0.3, -0.25) is 9.59 Å². The number of carbonyl (C=O) groups is 3. The lowest BCUT2D eigenvalue weighted by Crippen LogP contribution is -2.45. The van der Waals surface area contributed by atoms with Crippen molar-refractivity contribution < 1.29 is 19.1 Å². The summed E-state index contributed by atoms with van der Waals surface area (Å²) in [6.45, 7) is 5.77. The second-order valence-electron chi connectivity index (χ2n) is 6.50. The van der Waals surface area contributed by atoms with E-state index in [0.29, 0.717) is 12.8 Å². The number of nitrogens with one attached hydrogen (secondary N) is 1. The Hall–Kier alpha value is -1.65. The van der Waals surface area contributed by atoms with Gasteiger partial charge in [0.2, 0.25) is 5.91 Å². The highest BCUT2D eigenvalue weighted by Crippen LogP contribution is 2.34. The van der Waals surface area contributed by atoms with Gasteiger partial charge in [-0.2, -0.15) is 0 Å². The van der Waals surface area contributed by atoms with E-state index in [1.165, 1.54) is 7.11 Å². The molecular weight excluding hydrogens is 294 g/mol. The Balaban J connectivity index is 2.62. The van der Waals surface area contributed by atoms with E-state index < -0.39 is 12.0 Å². The van der Waals surface area contributed by atoms with E-state index >= 15 is 0 Å². The zero-order chi connectivity index (χ0) is 17.4. The van der Waals surface area contributed by atoms with Crippen molar-refractivity contribution in [2.24, 2.45) is 17.8 Å². The number of ketones is 1. The molecule has 1 rings (SSSR count). The quantitative estimate of drug-likeness (QED) is 0.550. The van der Waals surface area contributed by atoms with Crippen molar-refractivity contribution in [3.63, 3.8) is 0 Å². The van der Waals surface area contributed by atoms with Gasteiger partial charge in [0.1, 0.15) is 11.8 Å². The zero-order valence-corrected chi connectivity index (χ0v) is 14.6. The average Bonchev–Trinajstić information content (AvgIpc) is 2.84. The topological polar surface area (TPSA) is 72.5 Å². The Morgan fingerprint density at radius 2 is 2.04 bits per heavy atom. The van der Waals surface area contributed by atoms with Crippen LogP contribution in [0.2, 0.25) is 0 Å². The molecule has 0 radical (unpaired) electrons. The highest BCUT2D eigenvalue weighted by atomic mass is 16.5. The lowest BCUT2D eigenvalue weighted by atomic mass is 9.89. The summed E-state index contributed by atoms with van der Waals surface area (Å²) in [4.78, 5) is 36.0. The molecule has 1 amide bonds. The molecule has 0 aromatic heterocycles. The van der Waals surface area contributed by atoms with Gasteiger partial charge < -0.3 is 10.1 Å². The summed E-state index contributed by atoms with van der Waals surface area (Å²) in [5.41, 5.74) is 0. The first kappa shape index (κ1) is 19.4. The van der Waals surface area contributed by atoms with Crippen molar-refractivity contribution in [2.45, 2.75) is 58.9 Å². The van der Waals surface area contributed by atoms with Crippen LogP contribution in [0.4, 0.5) is 0 Å². The van der Waals surface area contributed by atoms with Crippen LogP contribution in [0.25, 0.3) is 0 Å². The first-order valence-electron chi connectivity index (χ1n) is 8.45. The van der Waals surface area contributed by atoms with Crippen LogP contribution in [0, 0.1) is 17.8 Å². The molecule has 3 atom stereocenters. The third kappa shape index (κ3) is 5.81. The molecule has 1 aliphatic rings. The minimum Gasteiger partial charge on any atom is -0.467 e. The minimum atomic E-state index is -0.636. The summed E-state index contributed by atoms with van der Waals surface area (Å²) in [5.74, 6) is -0.415. The van der Waals surface area contributed by atoms with Gasteiger partial charge in [0.15, 0.2) is 0 Å². The van der Waals surface area contributed by atoms with Crippen LogP contribution < -0.4 is 5.32 Å². The monoisotopic (exact) mass is 323 g/mol. The summed E-state index contributed by atoms with van der Waals surface area (Å²) in [7, 11) is 1.32. The van der Waals surface area contributed by atoms with Gasteiger partial charge in [0.05, 0.1) is 7.11 Å². The molecule has 0 aliphatic heterocycles. The fourth-order valence-corrected chi connectivity index (χ4v) is 3.05. The highest BCUT2D eigenvalue weighted by molar-refractivity contribution is 5.87. The number of Topliss-reactive ketones (excluding diaryl/α,β-unsaturated/α-hetero) is 1. The van der Waals surface area contributed by atoms with Crippen molar-refractivity contribution in [3.05, 3.63) is 12.2 Å². The number of esters is 1. The molecule has 1 saturated carbocycles. The maximum atomic E-state index is 12.3. The Morgan fingerprint density at radius 1 is 1.35 bits per heavy atom. The van der Waals surface area contributed by atoms with Crippen LogP contribution in [-0.4, -0.2) is 30.8 Å². The predicted octanol–water partition coefficient (Wildman–Crippen LogP) is 2.64. The maximum absolute atomic E-state index is 12.3. The molecule has 0 spiro atoms. The van der Waals surface area contributed by atoms with Gasteiger partial charge >= 0.3 is 5.97 Å². The Kier molecular flexibility index (Phi) is 8.00. The molecule has 1 aliphatic carbocycles. The van der Waals surface area contributed by atoms with Crippen LogP contribution in [0.15, 0.2) is 12.2 Å². The van der Waals surface area contributed by atoms with Crippen molar-refractivity contribution in [2.75, 3.05) is 7.11 Å². The van der Waals surface area contributed by atoms with Crippen LogP contribution in [-0.2, 0) is 19.1 Å². The maximum Gasteiger partial charge on any atom is 0.328 e. The average molecular weight is 323 g/mol. The lowest BCUT2D eigenvalue weighted by Gasteiger charge is -2.22. The summed E-state index contributed by atoms with van der Waals surface area (Å²) in [5, 5.41) is 2.75. The van der Waals surface area contributed by atoms with E-state index in [-0.39, 0.29) is 35.9 Å². The van der Waals surface area contributed by atoms with Crippen LogP contribution in [0.3, 0.4) is 0 Å². The van der Waals surface area contributed by atoms with Gasteiger partial charge in [-0.25, -0.2) is 4.79 Å². The first-order valence-corrected chi connectivity index (χ1v) is 8.45. The van der Waals surface area contributed by atoms with E-state index in [1.807, 2.05) is 19.9 Å². The molecule has 5 nitrogen and oxygen atoms in total. The van der Waals surface area contributed by atoms with Crippen LogP contribution in [0.1, 0.15) is 52.9 Å². The third-order valence-electron chi connectivity index (χ3n) is 4.42. The molecule has 130 valence electrons. The fraction of sp³-hybridized carbons (Fsp3) is 0.722. The molecule has 0 aromatic rings. The van der Waals surface area contributed by atoms with Gasteiger partial charge in [-0.15, -0.1) is 0 Å². The van der Waals surface area contributed by atoms with Gasteiger partial charge in [0.25, 0.3) is 0 Å². The molecule has 1 fully saturated rings. The number of rotatable bonds is 8. The summed E-state index contributed by atoms with van der Waals surface area (Å²) in [6.07, 6.45) is 7.32. The number of amides is 1. The number of hydrogen-bond donors (Lipinski definition) is 1.